The number of nitrogens with one attached hydrogen (secondary N) is 2. The zero-order valence-electron chi connectivity index (χ0n) is 35.0. The lowest BCUT2D eigenvalue weighted by molar-refractivity contribution is -0.130. The van der Waals surface area contributed by atoms with E-state index in [1.165, 1.54) is 11.9 Å². The fraction of sp³-hybridized carbons (Fsp3) is 0.477. The first-order valence-corrected chi connectivity index (χ1v) is 20.0. The summed E-state index contributed by atoms with van der Waals surface area (Å²) >= 11 is 0. The van der Waals surface area contributed by atoms with Gasteiger partial charge in [0.05, 0.1) is 17.4 Å². The topological polar surface area (TPSA) is 161 Å². The van der Waals surface area contributed by atoms with Crippen LogP contribution in [0.1, 0.15) is 76.6 Å². The Labute approximate surface area is 342 Å². The van der Waals surface area contributed by atoms with Crippen LogP contribution in [0.15, 0.2) is 72.8 Å². The first-order chi connectivity index (χ1) is 27.6. The van der Waals surface area contributed by atoms with Gasteiger partial charge >= 0.3 is 18.3 Å². The maximum atomic E-state index is 13.7. The van der Waals surface area contributed by atoms with E-state index in [0.717, 1.165) is 29.1 Å². The number of unbranched alkanes of at least 4 members (excludes halogenated alkanes) is 2. The van der Waals surface area contributed by atoms with Gasteiger partial charge < -0.3 is 34.6 Å². The number of Topliss-reactive ketones (excluding diaryl/α,β-unsaturated/α-hetero) is 1. The molecule has 1 fully saturated rings. The Morgan fingerprint density at radius 2 is 1.57 bits per heavy atom. The van der Waals surface area contributed by atoms with Crippen LogP contribution >= 0.6 is 0 Å². The molecule has 0 aromatic heterocycles. The van der Waals surface area contributed by atoms with E-state index in [1.807, 2.05) is 54.6 Å². The third-order valence-corrected chi connectivity index (χ3v) is 10.2. The minimum Gasteiger partial charge on any atom is -0.465 e. The third kappa shape index (κ3) is 13.2. The number of likely N-dealkylation sites (tertiary alicyclic amines) is 1. The van der Waals surface area contributed by atoms with Crippen molar-refractivity contribution in [1.82, 2.24) is 14.7 Å². The Kier molecular flexibility index (Phi) is 16.5. The van der Waals surface area contributed by atoms with Crippen molar-refractivity contribution in [1.29, 1.82) is 0 Å². The summed E-state index contributed by atoms with van der Waals surface area (Å²) in [5.41, 5.74) is 2.88. The van der Waals surface area contributed by atoms with Crippen LogP contribution in [-0.2, 0) is 14.3 Å². The number of carbonyl (C=O) groups is 5. The molecule has 14 heteroatoms. The van der Waals surface area contributed by atoms with E-state index in [0.29, 0.717) is 63.0 Å². The second-order valence-corrected chi connectivity index (χ2v) is 15.7. The van der Waals surface area contributed by atoms with Gasteiger partial charge in [0.1, 0.15) is 11.7 Å². The molecule has 14 nitrogen and oxygen atoms in total. The second-order valence-electron chi connectivity index (χ2n) is 15.7. The van der Waals surface area contributed by atoms with Gasteiger partial charge in [-0.15, -0.1) is 0 Å². The molecule has 3 aromatic carbocycles. The van der Waals surface area contributed by atoms with E-state index in [-0.39, 0.29) is 29.8 Å². The number of anilines is 3. The van der Waals surface area contributed by atoms with Crippen molar-refractivity contribution >= 4 is 47.0 Å². The molecular formula is C44H60N6O8. The Balaban J connectivity index is 1.19. The van der Waals surface area contributed by atoms with Crippen molar-refractivity contribution in [2.75, 3.05) is 69.4 Å². The molecule has 1 atom stereocenters. The molecule has 3 N–H and O–H groups in total. The molecule has 1 saturated heterocycles. The van der Waals surface area contributed by atoms with Crippen LogP contribution in [0.3, 0.4) is 0 Å². The molecule has 0 bridgehead atoms. The van der Waals surface area contributed by atoms with Gasteiger partial charge in [-0.2, -0.15) is 0 Å². The van der Waals surface area contributed by atoms with Gasteiger partial charge in [-0.1, -0.05) is 55.0 Å². The quantitative estimate of drug-likeness (QED) is 0.0900. The first kappa shape index (κ1) is 45.1. The highest BCUT2D eigenvalue weighted by atomic mass is 16.6. The normalized spacial score (nSPS) is 13.8. The van der Waals surface area contributed by atoms with Gasteiger partial charge in [0, 0.05) is 77.1 Å². The van der Waals surface area contributed by atoms with Gasteiger partial charge in [-0.25, -0.2) is 14.4 Å². The largest absolute Gasteiger partial charge is 0.465 e. The summed E-state index contributed by atoms with van der Waals surface area (Å²) in [6, 6.07) is 21.5. The molecule has 0 aliphatic carbocycles. The van der Waals surface area contributed by atoms with Crippen LogP contribution in [0.4, 0.5) is 31.4 Å². The van der Waals surface area contributed by atoms with Crippen LogP contribution in [0.5, 0.6) is 0 Å². The number of benzene rings is 3. The number of ether oxygens (including phenoxy) is 2. The number of piperidine rings is 1. The Bertz CT molecular complexity index is 1860. The van der Waals surface area contributed by atoms with Gasteiger partial charge in [0.25, 0.3) is 0 Å². The fourth-order valence-corrected chi connectivity index (χ4v) is 6.67. The lowest BCUT2D eigenvalue weighted by atomic mass is 10.0. The standard InChI is InChI=1S/C44H60N6O8/c1-31(48(7)43(56)58-44(2,3)4)40(52)36-30-33(45-5)21-22-38(36)50(42(54)55)25-15-9-12-20-39(51)47(6)28-29-49-26-23-34(24-27-49)57-41(53)46-37-19-14-13-18-35(37)32-16-10-8-11-17-32/h8,10-11,13-14,16-19,21-22,30-31,34,45H,9,12,15,20,23-29H2,1-7H3,(H,46,53)(H,54,55)/t31-/m0/s1. The minimum atomic E-state index is -1.21. The number of para-hydroxylation sites is 1. The third-order valence-electron chi connectivity index (χ3n) is 10.2. The van der Waals surface area contributed by atoms with Crippen LogP contribution in [-0.4, -0.2) is 121 Å². The maximum absolute atomic E-state index is 13.7. The van der Waals surface area contributed by atoms with Crippen molar-refractivity contribution in [3.63, 3.8) is 0 Å². The number of hydrogen-bond acceptors (Lipinski definition) is 9. The van der Waals surface area contributed by atoms with E-state index < -0.39 is 35.7 Å². The molecule has 0 unspecified atom stereocenters. The maximum Gasteiger partial charge on any atom is 0.411 e. The summed E-state index contributed by atoms with van der Waals surface area (Å²) in [7, 11) is 4.96. The second kappa shape index (κ2) is 21.2. The first-order valence-electron chi connectivity index (χ1n) is 20.0. The van der Waals surface area contributed by atoms with Crippen molar-refractivity contribution < 1.29 is 38.6 Å². The molecule has 4 amide bonds. The van der Waals surface area contributed by atoms with E-state index in [2.05, 4.69) is 15.5 Å². The van der Waals surface area contributed by atoms with Crippen molar-refractivity contribution in [3.05, 3.63) is 78.4 Å². The Morgan fingerprint density at radius 3 is 2.22 bits per heavy atom. The van der Waals surface area contributed by atoms with Crippen molar-refractivity contribution in [2.45, 2.75) is 84.0 Å². The number of carbonyl (C=O) groups excluding carboxylic acids is 4. The van der Waals surface area contributed by atoms with Crippen molar-refractivity contribution in [2.24, 2.45) is 0 Å². The average molecular weight is 801 g/mol. The predicted molar refractivity (Wildman–Crippen MR) is 227 cm³/mol. The minimum absolute atomic E-state index is 0.0133. The summed E-state index contributed by atoms with van der Waals surface area (Å²) in [6.07, 6.45) is 0.878. The highest BCUT2D eigenvalue weighted by molar-refractivity contribution is 6.08. The van der Waals surface area contributed by atoms with E-state index in [4.69, 9.17) is 9.47 Å². The summed E-state index contributed by atoms with van der Waals surface area (Å²) in [5.74, 6) is -0.415. The monoisotopic (exact) mass is 800 g/mol. The Hall–Kier alpha value is -5.63. The van der Waals surface area contributed by atoms with E-state index >= 15 is 0 Å². The smallest absolute Gasteiger partial charge is 0.411 e. The predicted octanol–water partition coefficient (Wildman–Crippen LogP) is 8.05. The van der Waals surface area contributed by atoms with Crippen LogP contribution < -0.4 is 15.5 Å². The Morgan fingerprint density at radius 1 is 0.897 bits per heavy atom. The van der Waals surface area contributed by atoms with Gasteiger partial charge in [-0.05, 0) is 83.2 Å². The summed E-state index contributed by atoms with van der Waals surface area (Å²) in [6.45, 7) is 9.69. The molecule has 1 heterocycles. The van der Waals surface area contributed by atoms with Crippen LogP contribution in [0.2, 0.25) is 0 Å². The molecule has 314 valence electrons. The molecule has 0 spiro atoms. The molecule has 4 rings (SSSR count). The number of nitrogens with zero attached hydrogens (tertiary/aromatic N) is 4. The zero-order chi connectivity index (χ0) is 42.4. The van der Waals surface area contributed by atoms with Crippen LogP contribution in [0, 0.1) is 0 Å². The highest BCUT2D eigenvalue weighted by Gasteiger charge is 2.31. The average Bonchev–Trinajstić information content (AvgIpc) is 3.20. The molecule has 58 heavy (non-hydrogen) atoms. The lowest BCUT2D eigenvalue weighted by Crippen LogP contribution is -2.43. The lowest BCUT2D eigenvalue weighted by Gasteiger charge is -2.32. The molecule has 1 aliphatic heterocycles. The van der Waals surface area contributed by atoms with Gasteiger partial charge in [0.2, 0.25) is 5.91 Å². The number of rotatable bonds is 17. The molecule has 0 saturated carbocycles. The number of hydrogen-bond donors (Lipinski definition) is 3. The summed E-state index contributed by atoms with van der Waals surface area (Å²) in [4.78, 5) is 71.0. The molecule has 3 aromatic rings. The fourth-order valence-electron chi connectivity index (χ4n) is 6.67. The summed E-state index contributed by atoms with van der Waals surface area (Å²) in [5, 5.41) is 16.1. The van der Waals surface area contributed by atoms with Crippen LogP contribution in [0.25, 0.3) is 11.1 Å². The molecule has 0 radical (unpaired) electrons. The van der Waals surface area contributed by atoms with Gasteiger partial charge in [-0.3, -0.25) is 19.8 Å². The summed E-state index contributed by atoms with van der Waals surface area (Å²) < 4.78 is 11.2. The molecular weight excluding hydrogens is 741 g/mol. The number of likely N-dealkylation sites (N-methyl/N-ethyl adjacent to an activating group) is 2. The molecule has 1 aliphatic rings. The van der Waals surface area contributed by atoms with E-state index in [9.17, 15) is 29.1 Å². The highest BCUT2D eigenvalue weighted by Crippen LogP contribution is 2.29. The van der Waals surface area contributed by atoms with Crippen molar-refractivity contribution in [3.8, 4) is 11.1 Å². The number of amides is 4. The van der Waals surface area contributed by atoms with Gasteiger partial charge in [0.15, 0.2) is 5.78 Å². The number of ketones is 1. The van der Waals surface area contributed by atoms with E-state index in [1.54, 1.807) is 64.9 Å². The number of carboxylic acid groups (broad SMARTS) is 1. The zero-order valence-corrected chi connectivity index (χ0v) is 35.0. The SMILES string of the molecule is CNc1ccc(N(CCCCCC(=O)N(C)CCN2CCC(OC(=O)Nc3ccccc3-c3ccccc3)CC2)C(=O)O)c(C(=O)[C@H](C)N(C)C(=O)OC(C)(C)C)c1.